The molecule has 0 bridgehead atoms. The molecule has 0 aliphatic carbocycles. The zero-order valence-electron chi connectivity index (χ0n) is 12.3. The molecule has 0 unspecified atom stereocenters. The summed E-state index contributed by atoms with van der Waals surface area (Å²) < 4.78 is 18.5. The normalized spacial score (nSPS) is 12.7. The van der Waals surface area contributed by atoms with Gasteiger partial charge in [-0.05, 0) is 45.4 Å². The maximum Gasteiger partial charge on any atom is 0.234 e. The minimum absolute atomic E-state index is 0.269. The SMILES string of the molecule is CC(C)(N)C(C)(C)c1nc(Cc2cccc(F)c2)no1. The van der Waals surface area contributed by atoms with Crippen LogP contribution in [0.15, 0.2) is 28.8 Å². The molecule has 20 heavy (non-hydrogen) atoms. The third-order valence-electron chi connectivity index (χ3n) is 3.86. The molecule has 1 aromatic carbocycles. The summed E-state index contributed by atoms with van der Waals surface area (Å²) in [6, 6.07) is 6.37. The number of hydrogen-bond acceptors (Lipinski definition) is 4. The zero-order chi connectivity index (χ0) is 15.0. The molecule has 2 aromatic rings. The number of halogens is 1. The third kappa shape index (κ3) is 2.88. The van der Waals surface area contributed by atoms with Gasteiger partial charge in [0.2, 0.25) is 5.89 Å². The maximum atomic E-state index is 13.1. The molecule has 2 rings (SSSR count). The van der Waals surface area contributed by atoms with Crippen molar-refractivity contribution < 1.29 is 8.91 Å². The van der Waals surface area contributed by atoms with Gasteiger partial charge < -0.3 is 10.3 Å². The monoisotopic (exact) mass is 277 g/mol. The smallest absolute Gasteiger partial charge is 0.234 e. The molecule has 108 valence electrons. The van der Waals surface area contributed by atoms with E-state index < -0.39 is 11.0 Å². The lowest BCUT2D eigenvalue weighted by Crippen LogP contribution is -2.50. The van der Waals surface area contributed by atoms with E-state index in [1.807, 2.05) is 33.8 Å². The van der Waals surface area contributed by atoms with Crippen molar-refractivity contribution in [1.82, 2.24) is 10.1 Å². The Morgan fingerprint density at radius 2 is 1.95 bits per heavy atom. The van der Waals surface area contributed by atoms with Crippen molar-refractivity contribution in [3.63, 3.8) is 0 Å². The van der Waals surface area contributed by atoms with Crippen LogP contribution in [0.5, 0.6) is 0 Å². The van der Waals surface area contributed by atoms with Gasteiger partial charge in [0.1, 0.15) is 5.82 Å². The first-order chi connectivity index (χ1) is 9.20. The van der Waals surface area contributed by atoms with E-state index >= 15 is 0 Å². The zero-order valence-corrected chi connectivity index (χ0v) is 12.3. The van der Waals surface area contributed by atoms with E-state index in [2.05, 4.69) is 10.1 Å². The summed E-state index contributed by atoms with van der Waals surface area (Å²) in [6.45, 7) is 7.77. The van der Waals surface area contributed by atoms with E-state index in [1.54, 1.807) is 6.07 Å². The van der Waals surface area contributed by atoms with Crippen molar-refractivity contribution in [3.05, 3.63) is 47.4 Å². The fourth-order valence-corrected chi connectivity index (χ4v) is 1.68. The molecule has 0 amide bonds. The molecule has 0 aliphatic rings. The summed E-state index contributed by atoms with van der Waals surface area (Å²) in [5.41, 5.74) is 6.02. The van der Waals surface area contributed by atoms with Crippen LogP contribution in [0.2, 0.25) is 0 Å². The Morgan fingerprint density at radius 3 is 2.55 bits per heavy atom. The molecule has 0 aliphatic heterocycles. The summed E-state index contributed by atoms with van der Waals surface area (Å²) in [4.78, 5) is 4.39. The van der Waals surface area contributed by atoms with Gasteiger partial charge in [0.25, 0.3) is 0 Å². The average Bonchev–Trinajstić information content (AvgIpc) is 2.76. The minimum atomic E-state index is -0.490. The topological polar surface area (TPSA) is 64.9 Å². The minimum Gasteiger partial charge on any atom is -0.339 e. The molecule has 2 N–H and O–H groups in total. The molecule has 5 heteroatoms. The lowest BCUT2D eigenvalue weighted by atomic mass is 9.75. The molecule has 0 radical (unpaired) electrons. The predicted molar refractivity (Wildman–Crippen MR) is 74.8 cm³/mol. The summed E-state index contributed by atoms with van der Waals surface area (Å²) in [5.74, 6) is 0.758. The van der Waals surface area contributed by atoms with E-state index in [4.69, 9.17) is 10.3 Å². The molecular formula is C15H20FN3O. The Kier molecular flexibility index (Phi) is 3.65. The fourth-order valence-electron chi connectivity index (χ4n) is 1.68. The quantitative estimate of drug-likeness (QED) is 0.933. The molecule has 0 fully saturated rings. The second kappa shape index (κ2) is 4.98. The Hall–Kier alpha value is -1.75. The molecule has 1 heterocycles. The van der Waals surface area contributed by atoms with Crippen LogP contribution in [0.4, 0.5) is 4.39 Å². The molecule has 0 atom stereocenters. The summed E-state index contributed by atoms with van der Waals surface area (Å²) >= 11 is 0. The lowest BCUT2D eigenvalue weighted by Gasteiger charge is -2.34. The van der Waals surface area contributed by atoms with Crippen LogP contribution in [0.3, 0.4) is 0 Å². The van der Waals surface area contributed by atoms with E-state index in [0.717, 1.165) is 5.56 Å². The Balaban J connectivity index is 2.22. The summed E-state index contributed by atoms with van der Waals surface area (Å²) in [6.07, 6.45) is 0.433. The van der Waals surface area contributed by atoms with E-state index in [1.165, 1.54) is 12.1 Å². The first-order valence-corrected chi connectivity index (χ1v) is 6.56. The van der Waals surface area contributed by atoms with Gasteiger partial charge in [0.15, 0.2) is 5.82 Å². The molecule has 0 saturated carbocycles. The average molecular weight is 277 g/mol. The highest BCUT2D eigenvalue weighted by molar-refractivity contribution is 5.20. The van der Waals surface area contributed by atoms with Crippen molar-refractivity contribution in [2.24, 2.45) is 5.73 Å². The van der Waals surface area contributed by atoms with E-state index in [9.17, 15) is 4.39 Å². The van der Waals surface area contributed by atoms with Gasteiger partial charge in [0.05, 0.1) is 5.41 Å². The summed E-state index contributed by atoms with van der Waals surface area (Å²) in [7, 11) is 0. The number of aromatic nitrogens is 2. The van der Waals surface area contributed by atoms with Gasteiger partial charge in [-0.3, -0.25) is 0 Å². The van der Waals surface area contributed by atoms with Crippen LogP contribution >= 0.6 is 0 Å². The van der Waals surface area contributed by atoms with Crippen LogP contribution < -0.4 is 5.73 Å². The van der Waals surface area contributed by atoms with E-state index in [0.29, 0.717) is 18.1 Å². The first-order valence-electron chi connectivity index (χ1n) is 6.56. The number of rotatable bonds is 4. The van der Waals surface area contributed by atoms with Crippen LogP contribution in [-0.4, -0.2) is 15.7 Å². The van der Waals surface area contributed by atoms with Crippen molar-refractivity contribution >= 4 is 0 Å². The van der Waals surface area contributed by atoms with Crippen molar-refractivity contribution in [1.29, 1.82) is 0 Å². The van der Waals surface area contributed by atoms with Gasteiger partial charge in [-0.25, -0.2) is 4.39 Å². The summed E-state index contributed by atoms with van der Waals surface area (Å²) in [5, 5.41) is 3.96. The third-order valence-corrected chi connectivity index (χ3v) is 3.86. The van der Waals surface area contributed by atoms with Gasteiger partial charge in [-0.15, -0.1) is 0 Å². The second-order valence-electron chi connectivity index (χ2n) is 6.17. The highest BCUT2D eigenvalue weighted by Gasteiger charge is 2.40. The van der Waals surface area contributed by atoms with Crippen molar-refractivity contribution in [3.8, 4) is 0 Å². The van der Waals surface area contributed by atoms with Crippen molar-refractivity contribution in [2.45, 2.75) is 45.1 Å². The van der Waals surface area contributed by atoms with Gasteiger partial charge in [0, 0.05) is 12.0 Å². The predicted octanol–water partition coefficient (Wildman–Crippen LogP) is 2.81. The van der Waals surface area contributed by atoms with E-state index in [-0.39, 0.29) is 5.82 Å². The second-order valence-corrected chi connectivity index (χ2v) is 6.17. The molecule has 4 nitrogen and oxygen atoms in total. The Morgan fingerprint density at radius 1 is 1.25 bits per heavy atom. The maximum absolute atomic E-state index is 13.1. The first kappa shape index (κ1) is 14.7. The fraction of sp³-hybridized carbons (Fsp3) is 0.467. The Bertz CT molecular complexity index is 599. The number of benzene rings is 1. The number of hydrogen-bond donors (Lipinski definition) is 1. The molecule has 1 aromatic heterocycles. The highest BCUT2D eigenvalue weighted by atomic mass is 19.1. The van der Waals surface area contributed by atoms with Gasteiger partial charge in [-0.2, -0.15) is 4.98 Å². The number of nitrogens with zero attached hydrogens (tertiary/aromatic N) is 2. The van der Waals surface area contributed by atoms with Gasteiger partial charge >= 0.3 is 0 Å². The lowest BCUT2D eigenvalue weighted by molar-refractivity contribution is 0.222. The van der Waals surface area contributed by atoms with Gasteiger partial charge in [-0.1, -0.05) is 17.3 Å². The van der Waals surface area contributed by atoms with Crippen molar-refractivity contribution in [2.75, 3.05) is 0 Å². The molecule has 0 spiro atoms. The van der Waals surface area contributed by atoms with Crippen LogP contribution in [0, 0.1) is 5.82 Å². The molecule has 0 saturated heterocycles. The number of nitrogens with two attached hydrogens (primary N) is 1. The largest absolute Gasteiger partial charge is 0.339 e. The standard InChI is InChI=1S/C15H20FN3O/c1-14(2,15(3,4)17)13-18-12(19-20-13)9-10-6-5-7-11(16)8-10/h5-8H,9,17H2,1-4H3. The van der Waals surface area contributed by atoms with Crippen LogP contribution in [0.1, 0.15) is 45.0 Å². The Labute approximate surface area is 118 Å². The molecular weight excluding hydrogens is 257 g/mol. The van der Waals surface area contributed by atoms with Crippen LogP contribution in [-0.2, 0) is 11.8 Å². The van der Waals surface area contributed by atoms with Crippen LogP contribution in [0.25, 0.3) is 0 Å². The highest BCUT2D eigenvalue weighted by Crippen LogP contribution is 2.31.